The molecule has 4 rings (SSSR count). The molecule has 0 aliphatic carbocycles. The quantitative estimate of drug-likeness (QED) is 0.477. The second-order valence-corrected chi connectivity index (χ2v) is 7.65. The summed E-state index contributed by atoms with van der Waals surface area (Å²) in [5.74, 6) is 1.28. The van der Waals surface area contributed by atoms with Crippen molar-refractivity contribution in [3.05, 3.63) is 98.5 Å². The molecular formula is C22H19N3O3S. The molecule has 7 heteroatoms. The fourth-order valence-corrected chi connectivity index (χ4v) is 3.87. The van der Waals surface area contributed by atoms with Gasteiger partial charge in [0.05, 0.1) is 5.52 Å². The van der Waals surface area contributed by atoms with E-state index in [1.807, 2.05) is 49.4 Å². The van der Waals surface area contributed by atoms with E-state index in [-0.39, 0.29) is 0 Å². The van der Waals surface area contributed by atoms with Gasteiger partial charge in [-0.05, 0) is 43.3 Å². The molecule has 0 bridgehead atoms. The summed E-state index contributed by atoms with van der Waals surface area (Å²) < 4.78 is 5.97. The van der Waals surface area contributed by atoms with E-state index in [4.69, 9.17) is 4.74 Å². The van der Waals surface area contributed by atoms with Crippen LogP contribution in [0.3, 0.4) is 0 Å². The minimum Gasteiger partial charge on any atom is -0.489 e. The van der Waals surface area contributed by atoms with Crippen molar-refractivity contribution in [3.8, 4) is 5.75 Å². The second-order valence-electron chi connectivity index (χ2n) is 6.60. The number of thioether (sulfide) groups is 1. The molecule has 0 unspecified atom stereocenters. The molecule has 2 aromatic carbocycles. The van der Waals surface area contributed by atoms with E-state index in [1.165, 1.54) is 17.8 Å². The van der Waals surface area contributed by atoms with Crippen molar-refractivity contribution in [2.45, 2.75) is 24.2 Å². The van der Waals surface area contributed by atoms with Crippen LogP contribution in [0.1, 0.15) is 17.0 Å². The van der Waals surface area contributed by atoms with Crippen LogP contribution in [0.25, 0.3) is 10.9 Å². The zero-order chi connectivity index (χ0) is 20.2. The van der Waals surface area contributed by atoms with Crippen LogP contribution in [0.4, 0.5) is 0 Å². The Bertz CT molecular complexity index is 1230. The molecule has 0 aliphatic heterocycles. The maximum atomic E-state index is 11.4. The van der Waals surface area contributed by atoms with Gasteiger partial charge in [0, 0.05) is 39.1 Å². The van der Waals surface area contributed by atoms with E-state index in [1.54, 1.807) is 0 Å². The summed E-state index contributed by atoms with van der Waals surface area (Å²) in [6.45, 7) is 2.44. The number of nitrogens with zero attached hydrogens (tertiary/aromatic N) is 1. The number of para-hydroxylation sites is 1. The largest absolute Gasteiger partial charge is 0.489 e. The highest BCUT2D eigenvalue weighted by Gasteiger charge is 2.05. The number of hydrogen-bond acceptors (Lipinski definition) is 5. The molecule has 0 aliphatic rings. The van der Waals surface area contributed by atoms with Crippen LogP contribution >= 0.6 is 11.8 Å². The number of aromatic amines is 2. The van der Waals surface area contributed by atoms with E-state index in [2.05, 4.69) is 27.1 Å². The number of ether oxygens (including phenoxy) is 1. The molecule has 0 spiro atoms. The predicted molar refractivity (Wildman–Crippen MR) is 114 cm³/mol. The Morgan fingerprint density at radius 1 is 1.00 bits per heavy atom. The Labute approximate surface area is 171 Å². The number of H-pyrrole nitrogens is 2. The Kier molecular flexibility index (Phi) is 5.48. The maximum absolute atomic E-state index is 11.4. The number of hydrogen-bond donors (Lipinski definition) is 2. The lowest BCUT2D eigenvalue weighted by molar-refractivity contribution is 0.307. The van der Waals surface area contributed by atoms with Gasteiger partial charge in [0.2, 0.25) is 0 Å². The fraction of sp³-hybridized carbons (Fsp3) is 0.136. The molecule has 2 aromatic heterocycles. The van der Waals surface area contributed by atoms with Gasteiger partial charge < -0.3 is 9.72 Å². The number of fused-ring (bicyclic) bond motifs is 1. The zero-order valence-electron chi connectivity index (χ0n) is 15.8. The van der Waals surface area contributed by atoms with E-state index < -0.39 is 11.2 Å². The second kappa shape index (κ2) is 8.36. The molecule has 0 atom stereocenters. The molecule has 0 fully saturated rings. The summed E-state index contributed by atoms with van der Waals surface area (Å²) >= 11 is 1.53. The summed E-state index contributed by atoms with van der Waals surface area (Å²) in [7, 11) is 0. The molecule has 29 heavy (non-hydrogen) atoms. The highest BCUT2D eigenvalue weighted by Crippen LogP contribution is 2.25. The van der Waals surface area contributed by atoms with Gasteiger partial charge in [-0.3, -0.25) is 14.8 Å². The van der Waals surface area contributed by atoms with Crippen molar-refractivity contribution in [2.75, 3.05) is 0 Å². The smallest absolute Gasteiger partial charge is 0.325 e. The zero-order valence-corrected chi connectivity index (χ0v) is 16.6. The van der Waals surface area contributed by atoms with Gasteiger partial charge in [-0.15, -0.1) is 11.8 Å². The summed E-state index contributed by atoms with van der Waals surface area (Å²) in [5.41, 5.74) is 2.74. The molecule has 0 radical (unpaired) electrons. The van der Waals surface area contributed by atoms with Crippen LogP contribution in [0.5, 0.6) is 5.75 Å². The lowest BCUT2D eigenvalue weighted by Crippen LogP contribution is -2.22. The lowest BCUT2D eigenvalue weighted by Gasteiger charge is -2.10. The Morgan fingerprint density at radius 2 is 1.79 bits per heavy atom. The van der Waals surface area contributed by atoms with Crippen molar-refractivity contribution in [3.63, 3.8) is 0 Å². The minimum atomic E-state index is -0.490. The summed E-state index contributed by atoms with van der Waals surface area (Å²) in [5, 5.41) is 1.09. The van der Waals surface area contributed by atoms with Gasteiger partial charge in [0.25, 0.3) is 5.56 Å². The first-order valence-corrected chi connectivity index (χ1v) is 10.1. The van der Waals surface area contributed by atoms with Crippen molar-refractivity contribution >= 4 is 22.7 Å². The lowest BCUT2D eigenvalue weighted by atomic mass is 10.1. The minimum absolute atomic E-state index is 0.396. The van der Waals surface area contributed by atoms with Crippen LogP contribution in [0.2, 0.25) is 0 Å². The van der Waals surface area contributed by atoms with Crippen molar-refractivity contribution in [1.29, 1.82) is 0 Å². The first-order valence-electron chi connectivity index (χ1n) is 9.10. The normalized spacial score (nSPS) is 10.9. The van der Waals surface area contributed by atoms with Gasteiger partial charge in [-0.1, -0.05) is 18.2 Å². The standard InChI is InChI=1S/C22H19N3O3S/c1-14-10-15(19-4-2-3-5-20(19)23-14)12-28-17-6-8-18(9-7-17)29-13-16-11-21(26)25-22(27)24-16/h2-11H,12-13H2,1H3,(H2,24,25,26,27). The average molecular weight is 405 g/mol. The number of rotatable bonds is 6. The number of pyridine rings is 1. The average Bonchev–Trinajstić information content (AvgIpc) is 2.70. The first-order chi connectivity index (χ1) is 14.1. The van der Waals surface area contributed by atoms with Crippen molar-refractivity contribution in [2.24, 2.45) is 0 Å². The molecule has 4 aromatic rings. The summed E-state index contributed by atoms with van der Waals surface area (Å²) in [6, 6.07) is 19.2. The van der Waals surface area contributed by atoms with Gasteiger partial charge >= 0.3 is 5.69 Å². The Balaban J connectivity index is 1.41. The number of benzene rings is 2. The van der Waals surface area contributed by atoms with E-state index in [9.17, 15) is 9.59 Å². The van der Waals surface area contributed by atoms with Crippen LogP contribution in [0, 0.1) is 6.92 Å². The van der Waals surface area contributed by atoms with E-state index in [0.29, 0.717) is 18.1 Å². The van der Waals surface area contributed by atoms with Gasteiger partial charge in [-0.25, -0.2) is 4.79 Å². The summed E-state index contributed by atoms with van der Waals surface area (Å²) in [6.07, 6.45) is 0. The van der Waals surface area contributed by atoms with E-state index in [0.717, 1.165) is 32.8 Å². The fourth-order valence-electron chi connectivity index (χ4n) is 3.07. The highest BCUT2D eigenvalue weighted by molar-refractivity contribution is 7.98. The van der Waals surface area contributed by atoms with Crippen molar-refractivity contribution < 1.29 is 4.74 Å². The third-order valence-corrected chi connectivity index (χ3v) is 5.42. The highest BCUT2D eigenvalue weighted by atomic mass is 32.2. The van der Waals surface area contributed by atoms with Gasteiger partial charge in [0.1, 0.15) is 12.4 Å². The van der Waals surface area contributed by atoms with Crippen molar-refractivity contribution in [1.82, 2.24) is 15.0 Å². The molecule has 6 nitrogen and oxygen atoms in total. The molecule has 2 heterocycles. The Hall–Kier alpha value is -3.32. The monoisotopic (exact) mass is 405 g/mol. The molecule has 0 saturated carbocycles. The van der Waals surface area contributed by atoms with E-state index >= 15 is 0 Å². The molecule has 0 saturated heterocycles. The van der Waals surface area contributed by atoms with Crippen LogP contribution in [-0.4, -0.2) is 15.0 Å². The van der Waals surface area contributed by atoms with Crippen LogP contribution in [0.15, 0.2) is 75.1 Å². The predicted octanol–water partition coefficient (Wildman–Crippen LogP) is 3.79. The number of aromatic nitrogens is 3. The SMILES string of the molecule is Cc1cc(COc2ccc(SCc3cc(=O)[nH]c(=O)[nH]3)cc2)c2ccccc2n1. The molecular weight excluding hydrogens is 386 g/mol. The molecule has 0 amide bonds. The summed E-state index contributed by atoms with van der Waals surface area (Å²) in [4.78, 5) is 33.0. The third-order valence-electron chi connectivity index (χ3n) is 4.36. The van der Waals surface area contributed by atoms with Gasteiger partial charge in [-0.2, -0.15) is 0 Å². The Morgan fingerprint density at radius 3 is 2.59 bits per heavy atom. The number of nitrogens with one attached hydrogen (secondary N) is 2. The first kappa shape index (κ1) is 19.0. The molecule has 2 N–H and O–H groups in total. The topological polar surface area (TPSA) is 87.8 Å². The van der Waals surface area contributed by atoms with Crippen LogP contribution < -0.4 is 16.0 Å². The van der Waals surface area contributed by atoms with Gasteiger partial charge in [0.15, 0.2) is 0 Å². The number of aryl methyl sites for hydroxylation is 1. The molecule has 146 valence electrons. The van der Waals surface area contributed by atoms with Crippen LogP contribution in [-0.2, 0) is 12.4 Å². The third kappa shape index (κ3) is 4.75. The maximum Gasteiger partial charge on any atom is 0.325 e.